The van der Waals surface area contributed by atoms with E-state index in [0.29, 0.717) is 5.54 Å². The summed E-state index contributed by atoms with van der Waals surface area (Å²) in [5.41, 5.74) is 1.45. The molecule has 1 aromatic rings. The van der Waals surface area contributed by atoms with E-state index in [1.54, 1.807) is 0 Å². The van der Waals surface area contributed by atoms with Crippen molar-refractivity contribution in [2.75, 3.05) is 13.1 Å². The van der Waals surface area contributed by atoms with Gasteiger partial charge >= 0.3 is 0 Å². The van der Waals surface area contributed by atoms with Crippen LogP contribution >= 0.6 is 0 Å². The van der Waals surface area contributed by atoms with Crippen LogP contribution in [-0.2, 0) is 6.42 Å². The zero-order valence-corrected chi connectivity index (χ0v) is 13.4. The van der Waals surface area contributed by atoms with Gasteiger partial charge in [0.1, 0.15) is 0 Å². The molecule has 2 rings (SSSR count). The third kappa shape index (κ3) is 4.89. The van der Waals surface area contributed by atoms with Crippen molar-refractivity contribution in [3.8, 4) is 0 Å². The van der Waals surface area contributed by atoms with Crippen LogP contribution in [0.3, 0.4) is 0 Å². The molecule has 1 N–H and O–H groups in total. The van der Waals surface area contributed by atoms with Crippen LogP contribution in [0.25, 0.3) is 0 Å². The number of aromatic amines is 1. The monoisotopic (exact) mass is 278 g/mol. The lowest BCUT2D eigenvalue weighted by Crippen LogP contribution is -2.46. The molecule has 0 radical (unpaired) electrons. The van der Waals surface area contributed by atoms with Gasteiger partial charge in [-0.15, -0.1) is 0 Å². The molecule has 114 valence electrons. The minimum Gasteiger partial charge on any atom is -0.298 e. The van der Waals surface area contributed by atoms with Gasteiger partial charge in [0.2, 0.25) is 0 Å². The molecular weight excluding hydrogens is 248 g/mol. The molecule has 1 aliphatic heterocycles. The Kier molecular flexibility index (Phi) is 5.58. The molecule has 4 heteroatoms. The normalized spacial score (nSPS) is 18.6. The number of H-pyrrole nitrogens is 1. The zero-order chi connectivity index (χ0) is 14.4. The van der Waals surface area contributed by atoms with Crippen molar-refractivity contribution >= 4 is 0 Å². The lowest BCUT2D eigenvalue weighted by molar-refractivity contribution is 0.0847. The van der Waals surface area contributed by atoms with Crippen molar-refractivity contribution in [2.24, 2.45) is 5.92 Å². The molecule has 1 saturated heterocycles. The molecule has 2 heterocycles. The van der Waals surface area contributed by atoms with Crippen molar-refractivity contribution < 1.29 is 0 Å². The molecule has 4 nitrogen and oxygen atoms in total. The van der Waals surface area contributed by atoms with E-state index in [-0.39, 0.29) is 0 Å². The summed E-state index contributed by atoms with van der Waals surface area (Å²) in [5, 5.41) is 10.6. The predicted molar refractivity (Wildman–Crippen MR) is 82.6 cm³/mol. The van der Waals surface area contributed by atoms with Gasteiger partial charge in [-0.2, -0.15) is 15.4 Å². The summed E-state index contributed by atoms with van der Waals surface area (Å²) in [4.78, 5) is 2.63. The van der Waals surface area contributed by atoms with Crippen LogP contribution in [0.4, 0.5) is 0 Å². The third-order valence-corrected chi connectivity index (χ3v) is 4.57. The number of nitrogens with one attached hydrogen (secondary N) is 1. The van der Waals surface area contributed by atoms with Crippen LogP contribution in [0.5, 0.6) is 0 Å². The lowest BCUT2D eigenvalue weighted by Gasteiger charge is -2.41. The second-order valence-electron chi connectivity index (χ2n) is 7.16. The molecule has 0 aromatic carbocycles. The number of aryl methyl sites for hydroxylation is 1. The average Bonchev–Trinajstić information content (AvgIpc) is 2.91. The van der Waals surface area contributed by atoms with E-state index in [1.807, 2.05) is 6.20 Å². The van der Waals surface area contributed by atoms with E-state index in [0.717, 1.165) is 18.0 Å². The average molecular weight is 278 g/mol. The third-order valence-electron chi connectivity index (χ3n) is 4.57. The quantitative estimate of drug-likeness (QED) is 0.811. The van der Waals surface area contributed by atoms with Gasteiger partial charge < -0.3 is 0 Å². The van der Waals surface area contributed by atoms with Gasteiger partial charge in [-0.05, 0) is 65.5 Å². The fraction of sp³-hybridized carbons (Fsp3) is 0.875. The number of likely N-dealkylation sites (tertiary alicyclic amines) is 1. The van der Waals surface area contributed by atoms with Crippen LogP contribution in [0.15, 0.2) is 6.20 Å². The fourth-order valence-corrected chi connectivity index (χ4v) is 3.15. The van der Waals surface area contributed by atoms with Gasteiger partial charge in [-0.3, -0.25) is 4.90 Å². The van der Waals surface area contributed by atoms with Crippen molar-refractivity contribution in [2.45, 2.75) is 71.3 Å². The molecule has 1 fully saturated rings. The first-order valence-electron chi connectivity index (χ1n) is 8.15. The molecule has 0 bridgehead atoms. The van der Waals surface area contributed by atoms with Crippen molar-refractivity contribution in [3.05, 3.63) is 11.9 Å². The van der Waals surface area contributed by atoms with E-state index in [4.69, 9.17) is 0 Å². The summed E-state index contributed by atoms with van der Waals surface area (Å²) in [6, 6.07) is 0. The number of hydrogen-bond donors (Lipinski definition) is 1. The Hall–Kier alpha value is -0.900. The standard InChI is InChI=1S/C16H30N4/c1-16(2,3)20-11-9-14(10-12-20)7-5-4-6-8-15-13-17-19-18-15/h13-14H,4-12H2,1-3H3,(H,17,18,19). The van der Waals surface area contributed by atoms with Crippen molar-refractivity contribution in [3.63, 3.8) is 0 Å². The molecule has 0 atom stereocenters. The summed E-state index contributed by atoms with van der Waals surface area (Å²) in [6.07, 6.45) is 11.0. The highest BCUT2D eigenvalue weighted by Crippen LogP contribution is 2.27. The molecule has 1 aromatic heterocycles. The van der Waals surface area contributed by atoms with E-state index < -0.39 is 0 Å². The van der Waals surface area contributed by atoms with Gasteiger partial charge in [0.05, 0.1) is 11.9 Å². The SMILES string of the molecule is CC(C)(C)N1CCC(CCCCCc2cn[nH]n2)CC1. The number of piperidine rings is 1. The largest absolute Gasteiger partial charge is 0.298 e. The van der Waals surface area contributed by atoms with Crippen molar-refractivity contribution in [1.29, 1.82) is 0 Å². The van der Waals surface area contributed by atoms with Crippen LogP contribution in [0.2, 0.25) is 0 Å². The van der Waals surface area contributed by atoms with Crippen molar-refractivity contribution in [1.82, 2.24) is 20.3 Å². The molecule has 20 heavy (non-hydrogen) atoms. The van der Waals surface area contributed by atoms with Crippen LogP contribution < -0.4 is 0 Å². The first-order chi connectivity index (χ1) is 9.55. The second kappa shape index (κ2) is 7.21. The maximum Gasteiger partial charge on any atom is 0.0824 e. The van der Waals surface area contributed by atoms with Gasteiger partial charge in [0.25, 0.3) is 0 Å². The molecule has 0 spiro atoms. The minimum absolute atomic E-state index is 0.350. The van der Waals surface area contributed by atoms with Crippen LogP contribution in [-0.4, -0.2) is 38.9 Å². The lowest BCUT2D eigenvalue weighted by atomic mass is 9.89. The van der Waals surface area contributed by atoms with Crippen LogP contribution in [0.1, 0.15) is 65.0 Å². The van der Waals surface area contributed by atoms with E-state index in [2.05, 4.69) is 41.1 Å². The predicted octanol–water partition coefficient (Wildman–Crippen LogP) is 3.42. The number of nitrogens with zero attached hydrogens (tertiary/aromatic N) is 3. The van der Waals surface area contributed by atoms with Gasteiger partial charge in [-0.25, -0.2) is 0 Å². The molecule has 0 saturated carbocycles. The van der Waals surface area contributed by atoms with Crippen LogP contribution in [0, 0.1) is 5.92 Å². The second-order valence-corrected chi connectivity index (χ2v) is 7.16. The van der Waals surface area contributed by atoms with Gasteiger partial charge in [0.15, 0.2) is 0 Å². The Morgan fingerprint density at radius 3 is 2.55 bits per heavy atom. The van der Waals surface area contributed by atoms with Gasteiger partial charge in [-0.1, -0.05) is 19.3 Å². The maximum atomic E-state index is 4.09. The zero-order valence-electron chi connectivity index (χ0n) is 13.4. The number of unbranched alkanes of at least 4 members (excludes halogenated alkanes) is 2. The Morgan fingerprint density at radius 1 is 1.20 bits per heavy atom. The summed E-state index contributed by atoms with van der Waals surface area (Å²) in [6.45, 7) is 9.56. The molecule has 1 aliphatic rings. The minimum atomic E-state index is 0.350. The summed E-state index contributed by atoms with van der Waals surface area (Å²) >= 11 is 0. The molecule has 0 unspecified atom stereocenters. The molecular formula is C16H30N4. The highest BCUT2D eigenvalue weighted by atomic mass is 15.3. The van der Waals surface area contributed by atoms with Gasteiger partial charge in [0, 0.05) is 5.54 Å². The first-order valence-corrected chi connectivity index (χ1v) is 8.15. The maximum absolute atomic E-state index is 4.09. The Bertz CT molecular complexity index is 358. The topological polar surface area (TPSA) is 44.8 Å². The molecule has 0 amide bonds. The number of rotatable bonds is 6. The Balaban J connectivity index is 1.53. The smallest absolute Gasteiger partial charge is 0.0824 e. The number of aromatic nitrogens is 3. The highest BCUT2D eigenvalue weighted by Gasteiger charge is 2.26. The highest BCUT2D eigenvalue weighted by molar-refractivity contribution is 4.89. The van der Waals surface area contributed by atoms with E-state index in [1.165, 1.54) is 51.6 Å². The Labute approximate surface area is 123 Å². The van der Waals surface area contributed by atoms with E-state index >= 15 is 0 Å². The molecule has 0 aliphatic carbocycles. The van der Waals surface area contributed by atoms with E-state index in [9.17, 15) is 0 Å². The summed E-state index contributed by atoms with van der Waals surface area (Å²) in [7, 11) is 0. The fourth-order valence-electron chi connectivity index (χ4n) is 3.15. The summed E-state index contributed by atoms with van der Waals surface area (Å²) < 4.78 is 0. The first kappa shape index (κ1) is 15.5. The summed E-state index contributed by atoms with van der Waals surface area (Å²) in [5.74, 6) is 0.959. The number of hydrogen-bond acceptors (Lipinski definition) is 3. The Morgan fingerprint density at radius 2 is 1.95 bits per heavy atom.